The number of carboxylic acids is 2. The van der Waals surface area contributed by atoms with Crippen molar-refractivity contribution in [3.63, 3.8) is 0 Å². The van der Waals surface area contributed by atoms with Crippen molar-refractivity contribution in [3.05, 3.63) is 35.4 Å². The second-order valence-electron chi connectivity index (χ2n) is 6.05. The molecule has 0 saturated heterocycles. The molecule has 0 fully saturated rings. The molecule has 10 nitrogen and oxygen atoms in total. The molecule has 0 aromatic heterocycles. The first kappa shape index (κ1) is 22.9. The maximum atomic E-state index is 12.5. The topological polar surface area (TPSA) is 181 Å². The zero-order valence-electron chi connectivity index (χ0n) is 15.3. The van der Waals surface area contributed by atoms with Crippen LogP contribution >= 0.6 is 0 Å². The van der Waals surface area contributed by atoms with E-state index in [1.165, 1.54) is 6.07 Å². The fraction of sp³-hybridized carbons (Fsp3) is 0.389. The normalized spacial score (nSPS) is 12.7. The number of amides is 2. The summed E-state index contributed by atoms with van der Waals surface area (Å²) in [6, 6.07) is 2.90. The highest BCUT2D eigenvalue weighted by molar-refractivity contribution is 6.03. The first-order valence-corrected chi connectivity index (χ1v) is 8.50. The van der Waals surface area contributed by atoms with E-state index in [1.807, 2.05) is 0 Å². The van der Waals surface area contributed by atoms with Gasteiger partial charge in [-0.25, -0.2) is 4.79 Å². The lowest BCUT2D eigenvalue weighted by atomic mass is 9.99. The lowest BCUT2D eigenvalue weighted by Crippen LogP contribution is -2.56. The van der Waals surface area contributed by atoms with E-state index in [1.54, 1.807) is 25.1 Å². The van der Waals surface area contributed by atoms with Crippen LogP contribution in [0.15, 0.2) is 24.3 Å². The van der Waals surface area contributed by atoms with Crippen molar-refractivity contribution in [1.29, 1.82) is 0 Å². The molecule has 28 heavy (non-hydrogen) atoms. The van der Waals surface area contributed by atoms with Crippen molar-refractivity contribution in [1.82, 2.24) is 4.90 Å². The second kappa shape index (κ2) is 10.3. The monoisotopic (exact) mass is 393 g/mol. The van der Waals surface area contributed by atoms with Gasteiger partial charge in [-0.2, -0.15) is 0 Å². The van der Waals surface area contributed by atoms with Gasteiger partial charge in [-0.3, -0.25) is 24.1 Å². The molecule has 1 rings (SSSR count). The minimum absolute atomic E-state index is 0.150. The summed E-state index contributed by atoms with van der Waals surface area (Å²) >= 11 is 0. The van der Waals surface area contributed by atoms with E-state index >= 15 is 0 Å². The summed E-state index contributed by atoms with van der Waals surface area (Å²) in [5.41, 5.74) is 11.6. The third kappa shape index (κ3) is 5.96. The quantitative estimate of drug-likeness (QED) is 0.377. The number of Topliss-reactive ketones (excluding diaryl/α,β-unsaturated/α-hetero) is 1. The van der Waals surface area contributed by atoms with Crippen LogP contribution in [0.3, 0.4) is 0 Å². The van der Waals surface area contributed by atoms with Crippen molar-refractivity contribution >= 4 is 29.5 Å². The Hall–Kier alpha value is -3.11. The van der Waals surface area contributed by atoms with Gasteiger partial charge in [0.1, 0.15) is 6.04 Å². The third-order valence-electron chi connectivity index (χ3n) is 3.99. The second-order valence-corrected chi connectivity index (χ2v) is 6.05. The van der Waals surface area contributed by atoms with E-state index in [0.717, 1.165) is 0 Å². The smallest absolute Gasteiger partial charge is 0.327 e. The molecule has 0 aliphatic rings. The Morgan fingerprint density at radius 3 is 2.29 bits per heavy atom. The van der Waals surface area contributed by atoms with Gasteiger partial charge in [0, 0.05) is 18.4 Å². The molecule has 10 heteroatoms. The minimum atomic E-state index is -1.66. The molecule has 0 spiro atoms. The fourth-order valence-electron chi connectivity index (χ4n) is 2.59. The molecule has 2 unspecified atom stereocenters. The van der Waals surface area contributed by atoms with E-state index in [0.29, 0.717) is 16.0 Å². The van der Waals surface area contributed by atoms with Crippen LogP contribution in [-0.4, -0.2) is 63.3 Å². The number of imide groups is 1. The van der Waals surface area contributed by atoms with Gasteiger partial charge >= 0.3 is 11.9 Å². The molecule has 1 aromatic carbocycles. The summed E-state index contributed by atoms with van der Waals surface area (Å²) in [6.45, 7) is 1.02. The van der Waals surface area contributed by atoms with Gasteiger partial charge in [-0.1, -0.05) is 25.1 Å². The van der Waals surface area contributed by atoms with Gasteiger partial charge in [-0.15, -0.1) is 0 Å². The third-order valence-corrected chi connectivity index (χ3v) is 3.99. The Bertz CT molecular complexity index is 778. The predicted octanol–water partition coefficient (Wildman–Crippen LogP) is -0.609. The Labute approximate surface area is 161 Å². The summed E-state index contributed by atoms with van der Waals surface area (Å²) in [7, 11) is 0. The number of carboxylic acid groups (broad SMARTS) is 2. The lowest BCUT2D eigenvalue weighted by Gasteiger charge is -2.29. The molecule has 0 radical (unpaired) electrons. The van der Waals surface area contributed by atoms with Crippen LogP contribution in [0.1, 0.15) is 35.7 Å². The molecule has 6 N–H and O–H groups in total. The van der Waals surface area contributed by atoms with Crippen molar-refractivity contribution in [2.45, 2.75) is 38.3 Å². The first-order valence-electron chi connectivity index (χ1n) is 8.50. The van der Waals surface area contributed by atoms with Crippen LogP contribution in [0.25, 0.3) is 0 Å². The Balaban J connectivity index is 3.25. The van der Waals surface area contributed by atoms with E-state index in [2.05, 4.69) is 0 Å². The SMILES string of the molecule is CCC(=O)c1cccc(CC(C(=O)O)N(C(=O)CN)C(=O)C(N)CC(=O)O)c1. The molecule has 2 amide bonds. The average Bonchev–Trinajstić information content (AvgIpc) is 2.65. The standard InChI is InChI=1S/C18H23N3O7/c1-2-14(22)11-5-3-4-10(6-11)7-13(18(27)28)21(15(23)9-19)17(26)12(20)8-16(24)25/h3-6,12-13H,2,7-9,19-20H2,1H3,(H,24,25)(H,27,28). The minimum Gasteiger partial charge on any atom is -0.481 e. The molecule has 0 aliphatic heterocycles. The highest BCUT2D eigenvalue weighted by atomic mass is 16.4. The van der Waals surface area contributed by atoms with Gasteiger partial charge in [0.05, 0.1) is 19.0 Å². The number of benzene rings is 1. The highest BCUT2D eigenvalue weighted by Gasteiger charge is 2.37. The number of nitrogens with two attached hydrogens (primary N) is 2. The van der Waals surface area contributed by atoms with Crippen LogP contribution in [0.4, 0.5) is 0 Å². The van der Waals surface area contributed by atoms with Gasteiger partial charge < -0.3 is 21.7 Å². The maximum Gasteiger partial charge on any atom is 0.327 e. The average molecular weight is 393 g/mol. The van der Waals surface area contributed by atoms with E-state index < -0.39 is 48.8 Å². The number of hydrogen-bond acceptors (Lipinski definition) is 7. The zero-order chi connectivity index (χ0) is 21.4. The summed E-state index contributed by atoms with van der Waals surface area (Å²) < 4.78 is 0. The summed E-state index contributed by atoms with van der Waals surface area (Å²) in [4.78, 5) is 59.5. The summed E-state index contributed by atoms with van der Waals surface area (Å²) in [6.07, 6.45) is -0.816. The molecule has 0 bridgehead atoms. The van der Waals surface area contributed by atoms with Crippen LogP contribution in [0, 0.1) is 0 Å². The molecule has 2 atom stereocenters. The number of carbonyl (C=O) groups excluding carboxylic acids is 3. The Kier molecular flexibility index (Phi) is 8.42. The van der Waals surface area contributed by atoms with Crippen LogP contribution in [-0.2, 0) is 25.6 Å². The molecule has 1 aromatic rings. The first-order chi connectivity index (χ1) is 13.1. The van der Waals surface area contributed by atoms with Crippen molar-refractivity contribution in [2.24, 2.45) is 11.5 Å². The van der Waals surface area contributed by atoms with Crippen LogP contribution in [0.2, 0.25) is 0 Å². The van der Waals surface area contributed by atoms with E-state index in [4.69, 9.17) is 16.6 Å². The Morgan fingerprint density at radius 2 is 1.79 bits per heavy atom. The van der Waals surface area contributed by atoms with E-state index in [9.17, 15) is 29.1 Å². The van der Waals surface area contributed by atoms with Crippen molar-refractivity contribution in [2.75, 3.05) is 6.54 Å². The van der Waals surface area contributed by atoms with E-state index in [-0.39, 0.29) is 18.6 Å². The molecular formula is C18H23N3O7. The number of hydrogen-bond donors (Lipinski definition) is 4. The van der Waals surface area contributed by atoms with Crippen LogP contribution in [0.5, 0.6) is 0 Å². The molecule has 152 valence electrons. The zero-order valence-corrected chi connectivity index (χ0v) is 15.3. The maximum absolute atomic E-state index is 12.5. The molecule has 0 heterocycles. The van der Waals surface area contributed by atoms with Gasteiger partial charge in [0.25, 0.3) is 0 Å². The number of carbonyl (C=O) groups is 5. The number of rotatable bonds is 10. The number of ketones is 1. The largest absolute Gasteiger partial charge is 0.481 e. The lowest BCUT2D eigenvalue weighted by molar-refractivity contribution is -0.158. The van der Waals surface area contributed by atoms with Gasteiger partial charge in [-0.05, 0) is 11.6 Å². The van der Waals surface area contributed by atoms with Gasteiger partial charge in [0.15, 0.2) is 5.78 Å². The van der Waals surface area contributed by atoms with Crippen molar-refractivity contribution < 1.29 is 34.2 Å². The molecule has 0 saturated carbocycles. The van der Waals surface area contributed by atoms with Crippen molar-refractivity contribution in [3.8, 4) is 0 Å². The Morgan fingerprint density at radius 1 is 1.14 bits per heavy atom. The number of nitrogens with zero attached hydrogens (tertiary/aromatic N) is 1. The predicted molar refractivity (Wildman–Crippen MR) is 97.3 cm³/mol. The highest BCUT2D eigenvalue weighted by Crippen LogP contribution is 2.15. The van der Waals surface area contributed by atoms with Crippen LogP contribution < -0.4 is 11.5 Å². The summed E-state index contributed by atoms with van der Waals surface area (Å²) in [5, 5.41) is 18.4. The molecular weight excluding hydrogens is 370 g/mol. The fourth-order valence-corrected chi connectivity index (χ4v) is 2.59. The van der Waals surface area contributed by atoms with Gasteiger partial charge in [0.2, 0.25) is 11.8 Å². The number of aliphatic carboxylic acids is 2. The molecule has 0 aliphatic carbocycles. The summed E-state index contributed by atoms with van der Waals surface area (Å²) in [5.74, 6) is -5.17.